The fraction of sp³-hybridized carbons (Fsp3) is 0.381. The number of aryl methyl sites for hydroxylation is 2. The predicted octanol–water partition coefficient (Wildman–Crippen LogP) is 6.35. The van der Waals surface area contributed by atoms with Crippen molar-refractivity contribution in [1.82, 2.24) is 9.97 Å². The van der Waals surface area contributed by atoms with Crippen molar-refractivity contribution in [3.05, 3.63) is 119 Å². The Labute approximate surface area is 316 Å². The van der Waals surface area contributed by atoms with Crippen molar-refractivity contribution in [1.29, 1.82) is 0 Å². The van der Waals surface area contributed by atoms with Gasteiger partial charge in [0.15, 0.2) is 25.4 Å². The molecule has 12 nitrogen and oxygen atoms in total. The Morgan fingerprint density at radius 3 is 1.31 bits per heavy atom. The first kappa shape index (κ1) is 42.9. The van der Waals surface area contributed by atoms with E-state index in [1.54, 1.807) is 74.8 Å². The summed E-state index contributed by atoms with van der Waals surface area (Å²) in [7, 11) is 0. The van der Waals surface area contributed by atoms with Crippen LogP contribution < -0.4 is 9.47 Å². The lowest BCUT2D eigenvalue weighted by atomic mass is 10.1. The number of carboxylic acid groups (broad SMARTS) is 1. The third kappa shape index (κ3) is 14.5. The summed E-state index contributed by atoms with van der Waals surface area (Å²) >= 11 is 0. The number of aliphatic carboxylic acids is 1. The van der Waals surface area contributed by atoms with Gasteiger partial charge in [-0.2, -0.15) is 0 Å². The number of esters is 1. The molecule has 2 atom stereocenters. The highest BCUT2D eigenvalue weighted by molar-refractivity contribution is 5.95. The summed E-state index contributed by atoms with van der Waals surface area (Å²) in [4.78, 5) is 55.7. The highest BCUT2D eigenvalue weighted by atomic mass is 16.6. The number of ketones is 2. The summed E-state index contributed by atoms with van der Waals surface area (Å²) in [5.41, 5.74) is 4.66. The molecular weight excluding hydrogens is 692 g/mol. The smallest absolute Gasteiger partial charge is 0.335 e. The maximum atomic E-state index is 12.2. The van der Waals surface area contributed by atoms with Crippen molar-refractivity contribution in [2.24, 2.45) is 0 Å². The molecule has 0 radical (unpaired) electrons. The normalized spacial score (nSPS) is 11.7. The second-order valence-electron chi connectivity index (χ2n) is 11.9. The zero-order valence-electron chi connectivity index (χ0n) is 31.6. The third-order valence-electron chi connectivity index (χ3n) is 8.03. The van der Waals surface area contributed by atoms with E-state index < -0.39 is 18.2 Å². The van der Waals surface area contributed by atoms with E-state index in [4.69, 9.17) is 28.8 Å². The Kier molecular flexibility index (Phi) is 18.5. The first-order chi connectivity index (χ1) is 26.1. The van der Waals surface area contributed by atoms with E-state index in [9.17, 15) is 19.2 Å². The van der Waals surface area contributed by atoms with Crippen LogP contribution in [0.2, 0.25) is 0 Å². The molecule has 0 saturated carbocycles. The summed E-state index contributed by atoms with van der Waals surface area (Å²) in [6.07, 6.45) is 4.34. The van der Waals surface area contributed by atoms with Crippen molar-refractivity contribution >= 4 is 23.5 Å². The number of rotatable bonds is 21. The number of hydrogen-bond acceptors (Lipinski definition) is 11. The minimum absolute atomic E-state index is 0.0811. The summed E-state index contributed by atoms with van der Waals surface area (Å²) in [6, 6.07) is 21.4. The van der Waals surface area contributed by atoms with Crippen molar-refractivity contribution in [3.8, 4) is 11.5 Å². The van der Waals surface area contributed by atoms with E-state index in [2.05, 4.69) is 9.97 Å². The summed E-state index contributed by atoms with van der Waals surface area (Å²) in [6.45, 7) is 10.3. The Balaban J connectivity index is 0.000000291. The van der Waals surface area contributed by atoms with Gasteiger partial charge in [0.2, 0.25) is 11.6 Å². The summed E-state index contributed by atoms with van der Waals surface area (Å²) in [5.74, 6) is -0.609. The fourth-order valence-corrected chi connectivity index (χ4v) is 4.98. The molecule has 12 heteroatoms. The van der Waals surface area contributed by atoms with Crippen LogP contribution in [-0.4, -0.2) is 83.8 Å². The van der Waals surface area contributed by atoms with Crippen LogP contribution in [0.15, 0.2) is 85.2 Å². The van der Waals surface area contributed by atoms with Gasteiger partial charge in [-0.1, -0.05) is 50.2 Å². The minimum atomic E-state index is -0.987. The van der Waals surface area contributed by atoms with Gasteiger partial charge in [0, 0.05) is 38.4 Å². The van der Waals surface area contributed by atoms with Gasteiger partial charge >= 0.3 is 11.9 Å². The number of nitrogens with zero attached hydrogens (tertiary/aromatic N) is 2. The zero-order chi connectivity index (χ0) is 39.3. The second-order valence-corrected chi connectivity index (χ2v) is 11.9. The lowest BCUT2D eigenvalue weighted by Gasteiger charge is -2.15. The van der Waals surface area contributed by atoms with Crippen LogP contribution in [0.1, 0.15) is 77.8 Å². The number of carbonyl (C=O) groups is 4. The van der Waals surface area contributed by atoms with Crippen LogP contribution >= 0.6 is 0 Å². The van der Waals surface area contributed by atoms with Gasteiger partial charge in [0.05, 0.1) is 6.61 Å². The zero-order valence-corrected chi connectivity index (χ0v) is 31.6. The van der Waals surface area contributed by atoms with Crippen molar-refractivity contribution in [2.75, 3.05) is 33.0 Å². The Bertz CT molecular complexity index is 1740. The van der Waals surface area contributed by atoms with E-state index in [1.807, 2.05) is 45.0 Å². The van der Waals surface area contributed by atoms with Gasteiger partial charge in [-0.05, 0) is 92.3 Å². The first-order valence-electron chi connectivity index (χ1n) is 18.1. The van der Waals surface area contributed by atoms with Crippen LogP contribution in [0.5, 0.6) is 11.5 Å². The molecule has 54 heavy (non-hydrogen) atoms. The van der Waals surface area contributed by atoms with E-state index in [0.717, 1.165) is 35.1 Å². The topological polar surface area (TPSA) is 160 Å². The molecule has 0 fully saturated rings. The molecule has 0 unspecified atom stereocenters. The number of Topliss-reactive ketones (excluding diaryl/α,β-unsaturated/α-hetero) is 2. The highest BCUT2D eigenvalue weighted by Crippen LogP contribution is 2.17. The fourth-order valence-electron chi connectivity index (χ4n) is 4.98. The molecule has 2 aromatic carbocycles. The number of carboxylic acids is 1. The molecule has 0 bridgehead atoms. The van der Waals surface area contributed by atoms with E-state index in [0.29, 0.717) is 49.1 Å². The lowest BCUT2D eigenvalue weighted by Crippen LogP contribution is -2.28. The molecule has 288 valence electrons. The van der Waals surface area contributed by atoms with Gasteiger partial charge in [-0.3, -0.25) is 19.6 Å². The predicted molar refractivity (Wildman–Crippen MR) is 202 cm³/mol. The maximum absolute atomic E-state index is 12.2. The molecule has 0 aliphatic carbocycles. The van der Waals surface area contributed by atoms with Crippen LogP contribution in [-0.2, 0) is 49.5 Å². The average Bonchev–Trinajstić information content (AvgIpc) is 3.20. The Morgan fingerprint density at radius 2 is 0.963 bits per heavy atom. The molecule has 4 aromatic rings. The molecule has 2 heterocycles. The lowest BCUT2D eigenvalue weighted by molar-refractivity contribution is -0.156. The molecular formula is C42H50N2O10. The quantitative estimate of drug-likeness (QED) is 0.0745. The number of ether oxygens (including phenoxy) is 5. The number of pyridine rings is 2. The van der Waals surface area contributed by atoms with Gasteiger partial charge in [0.25, 0.3) is 0 Å². The first-order valence-corrected chi connectivity index (χ1v) is 18.1. The van der Waals surface area contributed by atoms with Crippen LogP contribution in [0.25, 0.3) is 0 Å². The van der Waals surface area contributed by atoms with Gasteiger partial charge in [-0.25, -0.2) is 9.59 Å². The average molecular weight is 743 g/mol. The van der Waals surface area contributed by atoms with Crippen molar-refractivity contribution in [2.45, 2.75) is 72.5 Å². The van der Waals surface area contributed by atoms with Crippen molar-refractivity contribution < 1.29 is 48.0 Å². The van der Waals surface area contributed by atoms with E-state index in [-0.39, 0.29) is 37.2 Å². The number of benzene rings is 2. The van der Waals surface area contributed by atoms with Gasteiger partial charge in [0.1, 0.15) is 22.9 Å². The molecule has 2 aromatic heterocycles. The molecule has 4 rings (SSSR count). The van der Waals surface area contributed by atoms with Gasteiger partial charge in [-0.15, -0.1) is 0 Å². The highest BCUT2D eigenvalue weighted by Gasteiger charge is 2.21. The molecule has 0 aliphatic heterocycles. The summed E-state index contributed by atoms with van der Waals surface area (Å²) in [5, 5.41) is 9.11. The third-order valence-corrected chi connectivity index (χ3v) is 8.03. The van der Waals surface area contributed by atoms with E-state index >= 15 is 0 Å². The minimum Gasteiger partial charge on any atom is -0.485 e. The van der Waals surface area contributed by atoms with E-state index in [1.165, 1.54) is 0 Å². The monoisotopic (exact) mass is 742 g/mol. The Morgan fingerprint density at radius 1 is 0.556 bits per heavy atom. The van der Waals surface area contributed by atoms with Gasteiger partial charge < -0.3 is 28.8 Å². The second kappa shape index (κ2) is 23.3. The van der Waals surface area contributed by atoms with Crippen LogP contribution in [0.4, 0.5) is 0 Å². The molecule has 1 N–H and O–H groups in total. The molecule has 0 amide bonds. The molecule has 0 aliphatic rings. The number of carbonyl (C=O) groups excluding carboxylic acids is 3. The standard InChI is InChI=1S/C22H27NO5.C20H23NO5/c1-4-16-9-12-19(23-14-16)20(24)15-28-18-10-7-17(8-11-18)13-21(26-5-2)22(25)27-6-3;1-3-14-7-10-17(21-12-14)18(22)13-26-16-8-5-15(6-9-16)11-19(20(23)24)25-4-2/h7-12,14,21H,4-6,13,15H2,1-3H3;5-10,12,19H,3-4,11,13H2,1-2H3,(H,23,24)/t21-;19-/m11/s1. The largest absolute Gasteiger partial charge is 0.485 e. The van der Waals surface area contributed by atoms with Crippen LogP contribution in [0, 0.1) is 0 Å². The maximum Gasteiger partial charge on any atom is 0.335 e. The SMILES string of the molecule is CCOC(=O)[C@@H](Cc1ccc(OCC(=O)c2ccc(CC)cn2)cc1)OCC.CCO[C@H](Cc1ccc(OCC(=O)c2ccc(CC)cn2)cc1)C(=O)O. The number of hydrogen-bond donors (Lipinski definition) is 1. The molecule has 0 saturated heterocycles. The summed E-state index contributed by atoms with van der Waals surface area (Å²) < 4.78 is 26.8. The van der Waals surface area contributed by atoms with Crippen molar-refractivity contribution in [3.63, 3.8) is 0 Å². The molecule has 0 spiro atoms. The number of aromatic nitrogens is 2. The Hall–Kier alpha value is -5.46. The van der Waals surface area contributed by atoms with Crippen LogP contribution in [0.3, 0.4) is 0 Å².